The maximum Gasteiger partial charge on any atom is 0.161 e. The largest absolute Gasteiger partial charge is 0.486 e. The lowest BCUT2D eigenvalue weighted by molar-refractivity contribution is -0.107. The molecule has 1 heterocycles. The summed E-state index contributed by atoms with van der Waals surface area (Å²) in [6, 6.07) is 5.81. The zero-order valence-electron chi connectivity index (χ0n) is 7.86. The van der Waals surface area contributed by atoms with Gasteiger partial charge in [-0.2, -0.15) is 0 Å². The molecule has 74 valence electrons. The number of hydrogen-bond acceptors (Lipinski definition) is 3. The van der Waals surface area contributed by atoms with Crippen molar-refractivity contribution in [3.8, 4) is 11.5 Å². The van der Waals surface area contributed by atoms with Gasteiger partial charge < -0.3 is 14.3 Å². The average molecular weight is 192 g/mol. The van der Waals surface area contributed by atoms with Gasteiger partial charge in [-0.05, 0) is 24.1 Å². The highest BCUT2D eigenvalue weighted by atomic mass is 16.6. The number of ether oxygens (including phenoxy) is 2. The van der Waals surface area contributed by atoms with Crippen molar-refractivity contribution in [2.24, 2.45) is 0 Å². The maximum absolute atomic E-state index is 10.2. The number of rotatable bonds is 3. The Morgan fingerprint density at radius 3 is 2.79 bits per heavy atom. The summed E-state index contributed by atoms with van der Waals surface area (Å²) in [7, 11) is 0. The number of benzene rings is 1. The Labute approximate surface area is 82.6 Å². The van der Waals surface area contributed by atoms with Gasteiger partial charge in [-0.3, -0.25) is 0 Å². The zero-order valence-corrected chi connectivity index (χ0v) is 7.86. The van der Waals surface area contributed by atoms with E-state index in [1.807, 2.05) is 18.2 Å². The molecule has 0 unspecified atom stereocenters. The first-order chi connectivity index (χ1) is 6.90. The predicted molar refractivity (Wildman–Crippen MR) is 51.8 cm³/mol. The van der Waals surface area contributed by atoms with Gasteiger partial charge in [0.2, 0.25) is 0 Å². The predicted octanol–water partition coefficient (Wildman–Crippen LogP) is 1.59. The first-order valence-corrected chi connectivity index (χ1v) is 4.72. The molecule has 0 atom stereocenters. The summed E-state index contributed by atoms with van der Waals surface area (Å²) in [4.78, 5) is 10.2. The molecule has 0 aromatic heterocycles. The third-order valence-electron chi connectivity index (χ3n) is 2.16. The summed E-state index contributed by atoms with van der Waals surface area (Å²) in [5.74, 6) is 1.59. The van der Waals surface area contributed by atoms with Crippen LogP contribution in [0.1, 0.15) is 12.0 Å². The fraction of sp³-hybridized carbons (Fsp3) is 0.364. The van der Waals surface area contributed by atoms with Crippen molar-refractivity contribution in [1.82, 2.24) is 0 Å². The molecule has 0 saturated heterocycles. The van der Waals surface area contributed by atoms with Crippen LogP contribution in [-0.4, -0.2) is 19.5 Å². The standard InChI is InChI=1S/C11H12O3/c12-5-1-2-9-3-4-10-11(8-9)14-7-6-13-10/h3-5,8H,1-2,6-7H2. The van der Waals surface area contributed by atoms with Crippen LogP contribution in [0.3, 0.4) is 0 Å². The van der Waals surface area contributed by atoms with Crippen molar-refractivity contribution < 1.29 is 14.3 Å². The molecule has 14 heavy (non-hydrogen) atoms. The van der Waals surface area contributed by atoms with E-state index in [0.717, 1.165) is 29.8 Å². The molecule has 0 aliphatic carbocycles. The highest BCUT2D eigenvalue weighted by Gasteiger charge is 2.10. The van der Waals surface area contributed by atoms with Crippen molar-refractivity contribution in [3.05, 3.63) is 23.8 Å². The topological polar surface area (TPSA) is 35.5 Å². The number of carbonyl (C=O) groups excluding carboxylic acids is 1. The van der Waals surface area contributed by atoms with Crippen LogP contribution >= 0.6 is 0 Å². The lowest BCUT2D eigenvalue weighted by Gasteiger charge is -2.18. The minimum atomic E-state index is 0.555. The van der Waals surface area contributed by atoms with Crippen LogP contribution in [-0.2, 0) is 11.2 Å². The van der Waals surface area contributed by atoms with Crippen molar-refractivity contribution in [1.29, 1.82) is 0 Å². The molecule has 1 aliphatic heterocycles. The smallest absolute Gasteiger partial charge is 0.161 e. The quantitative estimate of drug-likeness (QED) is 0.682. The molecular formula is C11H12O3. The van der Waals surface area contributed by atoms with Crippen molar-refractivity contribution in [3.63, 3.8) is 0 Å². The van der Waals surface area contributed by atoms with Gasteiger partial charge >= 0.3 is 0 Å². The normalized spacial score (nSPS) is 13.7. The minimum absolute atomic E-state index is 0.555. The minimum Gasteiger partial charge on any atom is -0.486 e. The van der Waals surface area contributed by atoms with Gasteiger partial charge in [0.1, 0.15) is 19.5 Å². The Balaban J connectivity index is 2.16. The summed E-state index contributed by atoms with van der Waals surface area (Å²) in [6.07, 6.45) is 2.25. The third-order valence-corrected chi connectivity index (χ3v) is 2.16. The molecule has 0 amide bonds. The van der Waals surface area contributed by atoms with E-state index in [0.29, 0.717) is 19.6 Å². The molecule has 0 spiro atoms. The van der Waals surface area contributed by atoms with E-state index in [9.17, 15) is 4.79 Å². The molecule has 1 aromatic carbocycles. The van der Waals surface area contributed by atoms with E-state index in [-0.39, 0.29) is 0 Å². The van der Waals surface area contributed by atoms with Crippen molar-refractivity contribution in [2.45, 2.75) is 12.8 Å². The van der Waals surface area contributed by atoms with E-state index in [2.05, 4.69) is 0 Å². The van der Waals surface area contributed by atoms with Crippen LogP contribution in [0.5, 0.6) is 11.5 Å². The highest BCUT2D eigenvalue weighted by Crippen LogP contribution is 2.30. The Hall–Kier alpha value is -1.51. The Kier molecular flexibility index (Phi) is 2.68. The molecule has 0 bridgehead atoms. The second-order valence-electron chi connectivity index (χ2n) is 3.18. The summed E-state index contributed by atoms with van der Waals surface area (Å²) in [5, 5.41) is 0. The molecular weight excluding hydrogens is 180 g/mol. The molecule has 1 aromatic rings. The number of fused-ring (bicyclic) bond motifs is 1. The van der Waals surface area contributed by atoms with E-state index >= 15 is 0 Å². The summed E-state index contributed by atoms with van der Waals surface area (Å²) < 4.78 is 10.8. The average Bonchev–Trinajstić information content (AvgIpc) is 2.26. The molecule has 0 N–H and O–H groups in total. The molecule has 3 nitrogen and oxygen atoms in total. The van der Waals surface area contributed by atoms with Gasteiger partial charge in [0, 0.05) is 6.42 Å². The van der Waals surface area contributed by atoms with Gasteiger partial charge in [0.05, 0.1) is 0 Å². The third kappa shape index (κ3) is 1.87. The lowest BCUT2D eigenvalue weighted by atomic mass is 10.1. The van der Waals surface area contributed by atoms with Crippen LogP contribution in [0.4, 0.5) is 0 Å². The molecule has 0 fully saturated rings. The first kappa shape index (κ1) is 9.06. The van der Waals surface area contributed by atoms with Crippen LogP contribution in [0.25, 0.3) is 0 Å². The van der Waals surface area contributed by atoms with Crippen LogP contribution in [0.2, 0.25) is 0 Å². The van der Waals surface area contributed by atoms with Gasteiger partial charge in [0.25, 0.3) is 0 Å². The summed E-state index contributed by atoms with van der Waals surface area (Å²) in [6.45, 7) is 1.21. The fourth-order valence-electron chi connectivity index (χ4n) is 1.47. The van der Waals surface area contributed by atoms with Crippen molar-refractivity contribution in [2.75, 3.05) is 13.2 Å². The molecule has 0 radical (unpaired) electrons. The molecule has 0 saturated carbocycles. The van der Waals surface area contributed by atoms with Crippen molar-refractivity contribution >= 4 is 6.29 Å². The van der Waals surface area contributed by atoms with E-state index in [1.54, 1.807) is 0 Å². The Bertz CT molecular complexity index is 333. The zero-order chi connectivity index (χ0) is 9.80. The Morgan fingerprint density at radius 2 is 2.00 bits per heavy atom. The fourth-order valence-corrected chi connectivity index (χ4v) is 1.47. The van der Waals surface area contributed by atoms with Crippen LogP contribution < -0.4 is 9.47 Å². The second-order valence-corrected chi connectivity index (χ2v) is 3.18. The molecule has 3 heteroatoms. The first-order valence-electron chi connectivity index (χ1n) is 4.72. The summed E-state index contributed by atoms with van der Waals surface area (Å²) in [5.41, 5.74) is 1.11. The number of aldehydes is 1. The highest BCUT2D eigenvalue weighted by molar-refractivity contribution is 5.51. The number of aryl methyl sites for hydroxylation is 1. The second kappa shape index (κ2) is 4.13. The Morgan fingerprint density at radius 1 is 1.21 bits per heavy atom. The number of hydrogen-bond donors (Lipinski definition) is 0. The molecule has 1 aliphatic rings. The van der Waals surface area contributed by atoms with Gasteiger partial charge in [-0.15, -0.1) is 0 Å². The van der Waals surface area contributed by atoms with E-state index < -0.39 is 0 Å². The number of carbonyl (C=O) groups is 1. The SMILES string of the molecule is O=CCCc1ccc2c(c1)OCCO2. The van der Waals surface area contributed by atoms with Gasteiger partial charge in [-0.25, -0.2) is 0 Å². The van der Waals surface area contributed by atoms with E-state index in [1.165, 1.54) is 0 Å². The van der Waals surface area contributed by atoms with E-state index in [4.69, 9.17) is 9.47 Å². The van der Waals surface area contributed by atoms with Gasteiger partial charge in [-0.1, -0.05) is 6.07 Å². The maximum atomic E-state index is 10.2. The van der Waals surface area contributed by atoms with Gasteiger partial charge in [0.15, 0.2) is 11.5 Å². The molecule has 2 rings (SSSR count). The summed E-state index contributed by atoms with van der Waals surface area (Å²) >= 11 is 0. The van der Waals surface area contributed by atoms with Crippen LogP contribution in [0.15, 0.2) is 18.2 Å². The lowest BCUT2D eigenvalue weighted by Crippen LogP contribution is -2.15. The van der Waals surface area contributed by atoms with Crippen LogP contribution in [0, 0.1) is 0 Å². The monoisotopic (exact) mass is 192 g/mol.